The van der Waals surface area contributed by atoms with Crippen molar-refractivity contribution >= 4 is 40.7 Å². The second kappa shape index (κ2) is 11.9. The molecule has 2 rings (SSSR count). The van der Waals surface area contributed by atoms with Crippen LogP contribution in [0.3, 0.4) is 0 Å². The van der Waals surface area contributed by atoms with Gasteiger partial charge in [-0.1, -0.05) is 43.2 Å². The van der Waals surface area contributed by atoms with E-state index in [0.29, 0.717) is 17.8 Å². The van der Waals surface area contributed by atoms with Gasteiger partial charge in [0, 0.05) is 34.4 Å². The van der Waals surface area contributed by atoms with Crippen LogP contribution in [0.25, 0.3) is 0 Å². The third-order valence-corrected chi connectivity index (χ3v) is 6.25. The second-order valence-electron chi connectivity index (χ2n) is 6.48. The van der Waals surface area contributed by atoms with Crippen molar-refractivity contribution in [1.29, 1.82) is 0 Å². The van der Waals surface area contributed by atoms with Gasteiger partial charge in [-0.15, -0.1) is 24.0 Å². The van der Waals surface area contributed by atoms with E-state index in [2.05, 4.69) is 48.7 Å². The molecule has 25 heavy (non-hydrogen) atoms. The van der Waals surface area contributed by atoms with E-state index >= 15 is 0 Å². The van der Waals surface area contributed by atoms with Gasteiger partial charge in [-0.3, -0.25) is 4.21 Å². The van der Waals surface area contributed by atoms with E-state index in [0.717, 1.165) is 43.9 Å². The molecule has 4 nitrogen and oxygen atoms in total. The fourth-order valence-electron chi connectivity index (χ4n) is 3.13. The van der Waals surface area contributed by atoms with Crippen molar-refractivity contribution in [2.24, 2.45) is 4.99 Å². The van der Waals surface area contributed by atoms with Crippen LogP contribution in [0.5, 0.6) is 0 Å². The highest BCUT2D eigenvalue weighted by Gasteiger charge is 2.25. The first-order chi connectivity index (χ1) is 11.6. The lowest BCUT2D eigenvalue weighted by Gasteiger charge is -2.30. The van der Waals surface area contributed by atoms with Gasteiger partial charge in [0.2, 0.25) is 0 Å². The average Bonchev–Trinajstić information content (AvgIpc) is 2.61. The molecule has 6 heteroatoms. The molecule has 1 aliphatic carbocycles. The molecule has 0 radical (unpaired) electrons. The van der Waals surface area contributed by atoms with Crippen LogP contribution in [0.15, 0.2) is 29.3 Å². The first-order valence-corrected chi connectivity index (χ1v) is 10.5. The minimum atomic E-state index is -0.689. The highest BCUT2D eigenvalue weighted by molar-refractivity contribution is 14.0. The van der Waals surface area contributed by atoms with Crippen molar-refractivity contribution in [1.82, 2.24) is 10.6 Å². The molecule has 1 aromatic carbocycles. The van der Waals surface area contributed by atoms with Crippen LogP contribution < -0.4 is 10.6 Å². The number of aryl methyl sites for hydroxylation is 1. The summed E-state index contributed by atoms with van der Waals surface area (Å²) in [5.41, 5.74) is 2.48. The lowest BCUT2D eigenvalue weighted by atomic mass is 9.95. The quantitative estimate of drug-likeness (QED) is 0.373. The number of aliphatic imine (C=N–C) groups is 1. The molecule has 1 fully saturated rings. The Hall–Kier alpha value is -0.630. The van der Waals surface area contributed by atoms with Gasteiger partial charge in [-0.25, -0.2) is 4.99 Å². The Morgan fingerprint density at radius 1 is 1.24 bits per heavy atom. The van der Waals surface area contributed by atoms with Gasteiger partial charge in [0.15, 0.2) is 5.96 Å². The molecule has 2 N–H and O–H groups in total. The van der Waals surface area contributed by atoms with E-state index < -0.39 is 10.8 Å². The highest BCUT2D eigenvalue weighted by Crippen LogP contribution is 2.23. The van der Waals surface area contributed by atoms with E-state index in [9.17, 15) is 4.21 Å². The summed E-state index contributed by atoms with van der Waals surface area (Å²) < 4.78 is 12.1. The summed E-state index contributed by atoms with van der Waals surface area (Å²) in [5.74, 6) is 1.63. The summed E-state index contributed by atoms with van der Waals surface area (Å²) >= 11 is 0. The number of benzene rings is 1. The van der Waals surface area contributed by atoms with Crippen LogP contribution in [0, 0.1) is 6.92 Å². The molecule has 0 saturated heterocycles. The number of hydrogen-bond donors (Lipinski definition) is 2. The number of halogens is 1. The fourth-order valence-corrected chi connectivity index (χ4v) is 4.48. The Labute approximate surface area is 172 Å². The molecule has 1 saturated carbocycles. The smallest absolute Gasteiger partial charge is 0.191 e. The molecular weight excluding hydrogens is 445 g/mol. The first-order valence-electron chi connectivity index (χ1n) is 9.10. The molecule has 0 heterocycles. The molecule has 0 aromatic heterocycles. The summed E-state index contributed by atoms with van der Waals surface area (Å²) in [5, 5.41) is 7.22. The largest absolute Gasteiger partial charge is 0.357 e. The van der Waals surface area contributed by atoms with E-state index in [1.54, 1.807) is 0 Å². The monoisotopic (exact) mass is 477 g/mol. The Morgan fingerprint density at radius 2 is 1.96 bits per heavy atom. The summed E-state index contributed by atoms with van der Waals surface area (Å²) in [6.07, 6.45) is 4.35. The van der Waals surface area contributed by atoms with Crippen LogP contribution in [-0.2, 0) is 17.3 Å². The molecule has 0 amide bonds. The average molecular weight is 477 g/mol. The van der Waals surface area contributed by atoms with E-state index in [4.69, 9.17) is 4.99 Å². The predicted octanol–water partition coefficient (Wildman–Crippen LogP) is 3.75. The minimum absolute atomic E-state index is 0. The lowest BCUT2D eigenvalue weighted by Crippen LogP contribution is -2.46. The van der Waals surface area contributed by atoms with Gasteiger partial charge in [0.25, 0.3) is 0 Å². The first kappa shape index (κ1) is 22.4. The minimum Gasteiger partial charge on any atom is -0.357 e. The zero-order valence-corrected chi connectivity index (χ0v) is 18.7. The third-order valence-electron chi connectivity index (χ3n) is 4.51. The van der Waals surface area contributed by atoms with Crippen LogP contribution >= 0.6 is 24.0 Å². The third kappa shape index (κ3) is 7.64. The summed E-state index contributed by atoms with van der Waals surface area (Å²) in [6, 6.07) is 8.87. The maximum atomic E-state index is 12.1. The molecule has 0 aliphatic heterocycles. The van der Waals surface area contributed by atoms with Crippen molar-refractivity contribution in [3.8, 4) is 0 Å². The molecule has 1 aliphatic rings. The van der Waals surface area contributed by atoms with Gasteiger partial charge in [-0.05, 0) is 38.7 Å². The molecule has 0 spiro atoms. The second-order valence-corrected chi connectivity index (χ2v) is 8.49. The fraction of sp³-hybridized carbons (Fsp3) is 0.632. The van der Waals surface area contributed by atoms with Gasteiger partial charge in [-0.2, -0.15) is 0 Å². The predicted molar refractivity (Wildman–Crippen MR) is 119 cm³/mol. The Kier molecular flexibility index (Phi) is 10.7. The molecule has 1 aromatic rings. The maximum Gasteiger partial charge on any atom is 0.191 e. The van der Waals surface area contributed by atoms with Crippen molar-refractivity contribution in [2.75, 3.05) is 12.3 Å². The van der Waals surface area contributed by atoms with Crippen molar-refractivity contribution in [2.45, 2.75) is 64.3 Å². The van der Waals surface area contributed by atoms with Crippen LogP contribution in [0.4, 0.5) is 0 Å². The van der Waals surface area contributed by atoms with Crippen LogP contribution in [-0.4, -0.2) is 33.8 Å². The van der Waals surface area contributed by atoms with Gasteiger partial charge >= 0.3 is 0 Å². The Bertz CT molecular complexity index is 562. The Morgan fingerprint density at radius 3 is 2.60 bits per heavy atom. The van der Waals surface area contributed by atoms with Gasteiger partial charge < -0.3 is 10.6 Å². The van der Waals surface area contributed by atoms with Crippen molar-refractivity contribution in [3.63, 3.8) is 0 Å². The normalized spacial score (nSPS) is 22.0. The summed E-state index contributed by atoms with van der Waals surface area (Å²) in [4.78, 5) is 4.72. The topological polar surface area (TPSA) is 53.5 Å². The number of nitrogens with one attached hydrogen (secondary N) is 2. The Balaban J connectivity index is 0.00000312. The summed E-state index contributed by atoms with van der Waals surface area (Å²) in [6.45, 7) is 7.71. The SMILES string of the molecule is CCNC(=NCc1ccc(C)cc1)NC1CCCC(S(=O)CC)C1.I. The molecule has 3 atom stereocenters. The molecule has 3 unspecified atom stereocenters. The van der Waals surface area contributed by atoms with E-state index in [-0.39, 0.29) is 24.0 Å². The zero-order chi connectivity index (χ0) is 17.4. The number of guanidine groups is 1. The molecular formula is C19H32IN3OS. The summed E-state index contributed by atoms with van der Waals surface area (Å²) in [7, 11) is -0.689. The van der Waals surface area contributed by atoms with Crippen LogP contribution in [0.2, 0.25) is 0 Å². The van der Waals surface area contributed by atoms with E-state index in [1.165, 1.54) is 11.1 Å². The number of nitrogens with zero attached hydrogens (tertiary/aromatic N) is 1. The molecule has 142 valence electrons. The standard InChI is InChI=1S/C19H31N3OS.HI/c1-4-20-19(21-14-16-11-9-15(3)10-12-16)22-17-7-6-8-18(13-17)24(23)5-2;/h9-12,17-18H,4-8,13-14H2,1-3H3,(H2,20,21,22);1H. The number of hydrogen-bond acceptors (Lipinski definition) is 2. The van der Waals surface area contributed by atoms with E-state index in [1.807, 2.05) is 6.92 Å². The highest BCUT2D eigenvalue weighted by atomic mass is 127. The lowest BCUT2D eigenvalue weighted by molar-refractivity contribution is 0.413. The zero-order valence-electron chi connectivity index (χ0n) is 15.6. The van der Waals surface area contributed by atoms with Crippen molar-refractivity contribution in [3.05, 3.63) is 35.4 Å². The van der Waals surface area contributed by atoms with Crippen molar-refractivity contribution < 1.29 is 4.21 Å². The van der Waals surface area contributed by atoms with Crippen LogP contribution in [0.1, 0.15) is 50.7 Å². The maximum absolute atomic E-state index is 12.1. The van der Waals surface area contributed by atoms with Gasteiger partial charge in [0.05, 0.1) is 6.54 Å². The van der Waals surface area contributed by atoms with Gasteiger partial charge in [0.1, 0.15) is 0 Å². The number of rotatable bonds is 6. The molecule has 0 bridgehead atoms.